The summed E-state index contributed by atoms with van der Waals surface area (Å²) in [4.78, 5) is 6.99. The molecule has 0 atom stereocenters. The van der Waals surface area contributed by atoms with E-state index in [0.717, 1.165) is 18.5 Å². The molecule has 0 spiro atoms. The van der Waals surface area contributed by atoms with E-state index < -0.39 is 15.8 Å². The molecule has 2 aromatic rings. The second-order valence-electron chi connectivity index (χ2n) is 3.39. The number of benzene rings is 1. The predicted octanol–water partition coefficient (Wildman–Crippen LogP) is 2.72. The summed E-state index contributed by atoms with van der Waals surface area (Å²) < 4.78 is 39.1. The van der Waals surface area contributed by atoms with Crippen LogP contribution in [0.5, 0.6) is 0 Å². The number of rotatable bonds is 3. The van der Waals surface area contributed by atoms with Gasteiger partial charge in [-0.3, -0.25) is 4.72 Å². The fraction of sp³-hybridized carbons (Fsp3) is 0. The van der Waals surface area contributed by atoms with Crippen molar-refractivity contribution in [3.8, 4) is 0 Å². The lowest BCUT2D eigenvalue weighted by Crippen LogP contribution is -2.14. The number of hydrogen-bond donors (Lipinski definition) is 1. The summed E-state index contributed by atoms with van der Waals surface area (Å²) in [6.07, 6.45) is 1.05. The third-order valence-electron chi connectivity index (χ3n) is 2.08. The highest BCUT2D eigenvalue weighted by molar-refractivity contribution is 7.92. The Labute approximate surface area is 118 Å². The van der Waals surface area contributed by atoms with Crippen LogP contribution in [0.3, 0.4) is 0 Å². The van der Waals surface area contributed by atoms with Crippen molar-refractivity contribution in [2.45, 2.75) is 4.90 Å². The molecule has 100 valence electrons. The molecular formula is C10H6Cl2FN3O2S. The molecule has 1 aromatic carbocycles. The summed E-state index contributed by atoms with van der Waals surface area (Å²) in [5.41, 5.74) is 0. The standard InChI is InChI=1S/C10H6Cl2FN3O2S/c11-8-9(12)14-5-15-10(8)16-19(17,18)7-3-1-2-6(13)4-7/h1-5H,(H,14,15,16). The highest BCUT2D eigenvalue weighted by atomic mass is 35.5. The zero-order valence-corrected chi connectivity index (χ0v) is 11.5. The third kappa shape index (κ3) is 3.12. The maximum atomic E-state index is 13.0. The van der Waals surface area contributed by atoms with Crippen molar-refractivity contribution in [3.05, 3.63) is 46.6 Å². The Morgan fingerprint density at radius 1 is 1.21 bits per heavy atom. The maximum absolute atomic E-state index is 13.0. The Bertz CT molecular complexity index is 724. The minimum absolute atomic E-state index is 0.0893. The fourth-order valence-corrected chi connectivity index (χ4v) is 2.63. The summed E-state index contributed by atoms with van der Waals surface area (Å²) in [7, 11) is -4.00. The van der Waals surface area contributed by atoms with E-state index in [2.05, 4.69) is 14.7 Å². The largest absolute Gasteiger partial charge is 0.263 e. The van der Waals surface area contributed by atoms with Crippen LogP contribution in [0.4, 0.5) is 10.2 Å². The van der Waals surface area contributed by atoms with Crippen LogP contribution in [0.2, 0.25) is 10.2 Å². The van der Waals surface area contributed by atoms with Crippen molar-refractivity contribution in [3.63, 3.8) is 0 Å². The number of hydrogen-bond acceptors (Lipinski definition) is 4. The van der Waals surface area contributed by atoms with Crippen molar-refractivity contribution >= 4 is 39.0 Å². The molecule has 0 saturated heterocycles. The highest BCUT2D eigenvalue weighted by Gasteiger charge is 2.18. The average Bonchev–Trinajstić information content (AvgIpc) is 2.35. The monoisotopic (exact) mass is 321 g/mol. The van der Waals surface area contributed by atoms with E-state index in [-0.39, 0.29) is 20.9 Å². The average molecular weight is 322 g/mol. The molecule has 5 nitrogen and oxygen atoms in total. The van der Waals surface area contributed by atoms with Crippen molar-refractivity contribution in [2.75, 3.05) is 4.72 Å². The molecule has 0 amide bonds. The molecular weight excluding hydrogens is 316 g/mol. The molecule has 0 bridgehead atoms. The van der Waals surface area contributed by atoms with Crippen LogP contribution in [-0.4, -0.2) is 18.4 Å². The summed E-state index contributed by atoms with van der Waals surface area (Å²) >= 11 is 11.4. The SMILES string of the molecule is O=S(=O)(Nc1ncnc(Cl)c1Cl)c1cccc(F)c1. The minimum atomic E-state index is -4.00. The number of nitrogens with zero attached hydrogens (tertiary/aromatic N) is 2. The lowest BCUT2D eigenvalue weighted by Gasteiger charge is -2.08. The molecule has 0 radical (unpaired) electrons. The van der Waals surface area contributed by atoms with Crippen LogP contribution < -0.4 is 4.72 Å². The van der Waals surface area contributed by atoms with Gasteiger partial charge in [-0.1, -0.05) is 29.3 Å². The van der Waals surface area contributed by atoms with Gasteiger partial charge in [0.15, 0.2) is 11.0 Å². The van der Waals surface area contributed by atoms with E-state index in [4.69, 9.17) is 23.2 Å². The van der Waals surface area contributed by atoms with Crippen molar-refractivity contribution in [1.82, 2.24) is 9.97 Å². The Kier molecular flexibility index (Phi) is 3.88. The van der Waals surface area contributed by atoms with Gasteiger partial charge >= 0.3 is 0 Å². The second kappa shape index (κ2) is 5.28. The zero-order chi connectivity index (χ0) is 14.0. The molecule has 0 unspecified atom stereocenters. The van der Waals surface area contributed by atoms with Crippen LogP contribution in [0, 0.1) is 5.82 Å². The molecule has 0 aliphatic heterocycles. The van der Waals surface area contributed by atoms with Gasteiger partial charge in [0.05, 0.1) is 4.90 Å². The van der Waals surface area contributed by atoms with E-state index in [0.29, 0.717) is 0 Å². The van der Waals surface area contributed by atoms with Crippen LogP contribution in [-0.2, 0) is 10.0 Å². The summed E-state index contributed by atoms with van der Waals surface area (Å²) in [5, 5.41) is -0.224. The van der Waals surface area contributed by atoms with E-state index in [1.807, 2.05) is 0 Å². The number of aromatic nitrogens is 2. The Morgan fingerprint density at radius 3 is 2.63 bits per heavy atom. The third-order valence-corrected chi connectivity index (χ3v) is 4.16. The predicted molar refractivity (Wildman–Crippen MR) is 69.3 cm³/mol. The smallest absolute Gasteiger partial charge is 0.262 e. The van der Waals surface area contributed by atoms with Gasteiger partial charge in [0.1, 0.15) is 17.2 Å². The van der Waals surface area contributed by atoms with Gasteiger partial charge in [-0.25, -0.2) is 22.8 Å². The summed E-state index contributed by atoms with van der Waals surface area (Å²) in [5.74, 6) is -0.847. The quantitative estimate of drug-likeness (QED) is 0.882. The molecule has 0 aliphatic rings. The summed E-state index contributed by atoms with van der Waals surface area (Å²) in [6.45, 7) is 0. The molecule has 0 fully saturated rings. The lowest BCUT2D eigenvalue weighted by atomic mass is 10.4. The van der Waals surface area contributed by atoms with Gasteiger partial charge in [-0.15, -0.1) is 0 Å². The molecule has 19 heavy (non-hydrogen) atoms. The van der Waals surface area contributed by atoms with Crippen LogP contribution in [0.1, 0.15) is 0 Å². The van der Waals surface area contributed by atoms with E-state index in [1.165, 1.54) is 12.1 Å². The van der Waals surface area contributed by atoms with Gasteiger partial charge in [-0.2, -0.15) is 0 Å². The zero-order valence-electron chi connectivity index (χ0n) is 9.14. The minimum Gasteiger partial charge on any atom is -0.262 e. The van der Waals surface area contributed by atoms with Gasteiger partial charge in [0.2, 0.25) is 0 Å². The van der Waals surface area contributed by atoms with Crippen molar-refractivity contribution < 1.29 is 12.8 Å². The normalized spacial score (nSPS) is 11.3. The molecule has 0 saturated carbocycles. The van der Waals surface area contributed by atoms with Gasteiger partial charge in [0.25, 0.3) is 10.0 Å². The van der Waals surface area contributed by atoms with E-state index in [9.17, 15) is 12.8 Å². The van der Waals surface area contributed by atoms with Crippen molar-refractivity contribution in [2.24, 2.45) is 0 Å². The Balaban J connectivity index is 2.39. The molecule has 1 heterocycles. The molecule has 9 heteroatoms. The Hall–Kier alpha value is -1.44. The first kappa shape index (κ1) is 14.0. The van der Waals surface area contributed by atoms with E-state index >= 15 is 0 Å². The van der Waals surface area contributed by atoms with Crippen LogP contribution in [0.15, 0.2) is 35.5 Å². The molecule has 1 aromatic heterocycles. The second-order valence-corrected chi connectivity index (χ2v) is 5.81. The summed E-state index contributed by atoms with van der Waals surface area (Å²) in [6, 6.07) is 4.52. The van der Waals surface area contributed by atoms with Crippen molar-refractivity contribution in [1.29, 1.82) is 0 Å². The van der Waals surface area contributed by atoms with Gasteiger partial charge < -0.3 is 0 Å². The first-order valence-electron chi connectivity index (χ1n) is 4.84. The fourth-order valence-electron chi connectivity index (χ4n) is 1.24. The number of sulfonamides is 1. The maximum Gasteiger partial charge on any atom is 0.263 e. The molecule has 2 rings (SSSR count). The number of halogens is 3. The first-order valence-corrected chi connectivity index (χ1v) is 7.08. The van der Waals surface area contributed by atoms with Crippen LogP contribution >= 0.6 is 23.2 Å². The number of anilines is 1. The van der Waals surface area contributed by atoms with E-state index in [1.54, 1.807) is 0 Å². The highest BCUT2D eigenvalue weighted by Crippen LogP contribution is 2.27. The topological polar surface area (TPSA) is 72.0 Å². The Morgan fingerprint density at radius 2 is 1.95 bits per heavy atom. The molecule has 1 N–H and O–H groups in total. The molecule has 0 aliphatic carbocycles. The number of nitrogens with one attached hydrogen (secondary N) is 1. The van der Waals surface area contributed by atoms with Gasteiger partial charge in [-0.05, 0) is 18.2 Å². The van der Waals surface area contributed by atoms with Gasteiger partial charge in [0, 0.05) is 0 Å². The lowest BCUT2D eigenvalue weighted by molar-refractivity contribution is 0.595. The first-order chi connectivity index (χ1) is 8.90. The van der Waals surface area contributed by atoms with Crippen LogP contribution in [0.25, 0.3) is 0 Å².